The smallest absolute Gasteiger partial charge is 0.381 e. The predicted molar refractivity (Wildman–Crippen MR) is 204 cm³/mol. The third kappa shape index (κ3) is 36.0. The third-order valence-corrected chi connectivity index (χ3v) is 13.2. The molecule has 48 heavy (non-hydrogen) atoms. The Hall–Kier alpha value is 0.215. The molecule has 4 heterocycles. The summed E-state index contributed by atoms with van der Waals surface area (Å²) in [5.74, 6) is 2.66. The first-order valence-corrected chi connectivity index (χ1v) is 20.6. The maximum Gasteiger partial charge on any atom is 1.00 e. The molecule has 0 atom stereocenters. The van der Waals surface area contributed by atoms with E-state index in [1.54, 1.807) is 0 Å². The Balaban J connectivity index is -0.000000160. The molecule has 16 heteroatoms. The second kappa shape index (κ2) is 43.4. The van der Waals surface area contributed by atoms with Gasteiger partial charge < -0.3 is 36.9 Å². The summed E-state index contributed by atoms with van der Waals surface area (Å²) in [7, 11) is 5.19. The molecule has 3 aliphatic rings. The SMILES string of the molecule is C#CCN1CCN(C)CC1.C1CCOC1.CCP(CC)CC.CCP(CC)CC.CN1CCN(Cc2[c-]nn[nH]2)CC1.[Au+].[Au+].[B].[N-]=[N+]=[N-]. The van der Waals surface area contributed by atoms with Gasteiger partial charge in [-0.25, -0.2) is 0 Å². The van der Waals surface area contributed by atoms with Crippen molar-refractivity contribution in [1.82, 2.24) is 35.0 Å². The van der Waals surface area contributed by atoms with E-state index in [-0.39, 0.29) is 53.2 Å². The number of rotatable bonds is 9. The topological polar surface area (TPSA) is 122 Å². The number of terminal acetylenes is 1. The van der Waals surface area contributed by atoms with Crippen LogP contribution in [-0.4, -0.2) is 167 Å². The van der Waals surface area contributed by atoms with Gasteiger partial charge in [-0.2, -0.15) is 0 Å². The summed E-state index contributed by atoms with van der Waals surface area (Å²) in [4.78, 5) is 10.9. The van der Waals surface area contributed by atoms with Crippen molar-refractivity contribution < 1.29 is 49.5 Å². The summed E-state index contributed by atoms with van der Waals surface area (Å²) >= 11 is 0. The molecule has 3 aliphatic heterocycles. The maximum atomic E-state index is 6.75. The molecule has 0 aliphatic carbocycles. The van der Waals surface area contributed by atoms with Crippen LogP contribution in [0.2, 0.25) is 0 Å². The maximum absolute atomic E-state index is 6.75. The van der Waals surface area contributed by atoms with Gasteiger partial charge in [0.25, 0.3) is 0 Å². The summed E-state index contributed by atoms with van der Waals surface area (Å²) in [6.07, 6.45) is 19.1. The molecule has 0 unspecified atom stereocenters. The van der Waals surface area contributed by atoms with Crippen LogP contribution in [0.4, 0.5) is 0 Å². The molecule has 0 spiro atoms. The van der Waals surface area contributed by atoms with Crippen LogP contribution in [0.15, 0.2) is 0 Å². The molecular weight excluding hydrogens is 1010 g/mol. The van der Waals surface area contributed by atoms with E-state index in [4.69, 9.17) is 22.2 Å². The Morgan fingerprint density at radius 1 is 0.771 bits per heavy atom. The normalized spacial score (nSPS) is 15.9. The summed E-state index contributed by atoms with van der Waals surface area (Å²) in [5.41, 5.74) is 14.5. The average molecular weight is 1070 g/mol. The Labute approximate surface area is 331 Å². The van der Waals surface area contributed by atoms with Crippen molar-refractivity contribution in [3.63, 3.8) is 0 Å². The summed E-state index contributed by atoms with van der Waals surface area (Å²) in [6.45, 7) is 26.5. The quantitative estimate of drug-likeness (QED) is 0.0655. The monoisotopic (exact) mass is 1070 g/mol. The van der Waals surface area contributed by atoms with Gasteiger partial charge in [-0.1, -0.05) is 47.5 Å². The van der Waals surface area contributed by atoms with Crippen molar-refractivity contribution in [3.8, 4) is 12.3 Å². The van der Waals surface area contributed by atoms with Crippen molar-refractivity contribution >= 4 is 24.3 Å². The largest absolute Gasteiger partial charge is 1.00 e. The minimum atomic E-state index is 0. The predicted octanol–water partition coefficient (Wildman–Crippen LogP) is 5.55. The van der Waals surface area contributed by atoms with Gasteiger partial charge in [-0.05, 0) is 63.9 Å². The molecule has 1 N–H and O–H groups in total. The second-order valence-corrected chi connectivity index (χ2v) is 17.4. The molecule has 285 valence electrons. The van der Waals surface area contributed by atoms with Crippen molar-refractivity contribution in [2.75, 3.05) is 123 Å². The molecule has 0 aromatic carbocycles. The van der Waals surface area contributed by atoms with Gasteiger partial charge in [-0.15, -0.1) is 33.2 Å². The summed E-state index contributed by atoms with van der Waals surface area (Å²) < 4.78 is 4.94. The molecule has 3 fully saturated rings. The Bertz CT molecular complexity index is 782. The van der Waals surface area contributed by atoms with Gasteiger partial charge >= 0.3 is 44.8 Å². The fourth-order valence-corrected chi connectivity index (χ4v) is 7.17. The fraction of sp³-hybridized carbons (Fsp3) is 0.875. The minimum Gasteiger partial charge on any atom is -0.381 e. The standard InChI is InChI=1S/C8H14N5.C8H14N2.2C6H15P.C4H8O.2Au.B.N3/c1-12-2-4-13(5-3-12)7-8-6-9-11-10-8;1-3-4-10-7-5-9(2)6-8-10;2*1-4-7(5-2)6-3;1-2-4-5-3-1;;;;1-3-2/h2-5,7H2,1H3,(H,9,10,11);1H,4-8H2,2H3;2*4-6H2,1-3H3;1-4H2;;;;/q-1;;;;;2*+1;;-1. The number of likely N-dealkylation sites (N-methyl/N-ethyl adjacent to an activating group) is 2. The van der Waals surface area contributed by atoms with E-state index >= 15 is 0 Å². The van der Waals surface area contributed by atoms with Crippen LogP contribution in [0.1, 0.15) is 60.1 Å². The molecule has 1 aromatic rings. The first-order valence-electron chi connectivity index (χ1n) is 16.8. The van der Waals surface area contributed by atoms with Crippen LogP contribution in [-0.2, 0) is 56.0 Å². The molecule has 0 saturated carbocycles. The number of piperazine rings is 2. The van der Waals surface area contributed by atoms with Crippen LogP contribution < -0.4 is 0 Å². The van der Waals surface area contributed by atoms with E-state index in [0.29, 0.717) is 15.8 Å². The Morgan fingerprint density at radius 3 is 1.40 bits per heavy atom. The summed E-state index contributed by atoms with van der Waals surface area (Å²) in [6, 6.07) is 0. The number of hydrogen-bond acceptors (Lipinski definition) is 7. The first-order chi connectivity index (χ1) is 21.8. The van der Waals surface area contributed by atoms with E-state index < -0.39 is 0 Å². The van der Waals surface area contributed by atoms with E-state index in [2.05, 4.69) is 103 Å². The molecule has 11 nitrogen and oxygen atoms in total. The van der Waals surface area contributed by atoms with Gasteiger partial charge in [0, 0.05) is 80.5 Å². The first kappa shape index (κ1) is 57.6. The number of aromatic amines is 1. The zero-order chi connectivity index (χ0) is 34.1. The number of H-pyrrole nitrogens is 1. The summed E-state index contributed by atoms with van der Waals surface area (Å²) in [5, 5.41) is 10.1. The Morgan fingerprint density at radius 2 is 1.15 bits per heavy atom. The van der Waals surface area contributed by atoms with Gasteiger partial charge in [0.15, 0.2) is 0 Å². The molecule has 0 amide bonds. The average Bonchev–Trinajstić information content (AvgIpc) is 3.81. The van der Waals surface area contributed by atoms with Crippen LogP contribution >= 0.6 is 15.8 Å². The zero-order valence-electron chi connectivity index (χ0n) is 31.2. The fourth-order valence-electron chi connectivity index (χ4n) is 4.48. The molecule has 4 rings (SSSR count). The number of nitrogens with zero attached hydrogens (tertiary/aromatic N) is 9. The zero-order valence-corrected chi connectivity index (χ0v) is 37.3. The van der Waals surface area contributed by atoms with Gasteiger partial charge in [0.2, 0.25) is 0 Å². The van der Waals surface area contributed by atoms with Gasteiger partial charge in [0.05, 0.1) is 6.54 Å². The second-order valence-electron chi connectivity index (χ2n) is 10.9. The van der Waals surface area contributed by atoms with E-state index in [0.717, 1.165) is 84.4 Å². The van der Waals surface area contributed by atoms with Crippen molar-refractivity contribution in [2.45, 2.75) is 60.9 Å². The molecule has 1 aromatic heterocycles. The van der Waals surface area contributed by atoms with Crippen LogP contribution in [0.25, 0.3) is 16.0 Å². The molecular formula is C32H66Au2BN10OP2. The number of aromatic nitrogens is 3. The molecule has 3 radical (unpaired) electrons. The number of ether oxygens (including phenoxy) is 1. The van der Waals surface area contributed by atoms with E-state index in [1.807, 2.05) is 0 Å². The van der Waals surface area contributed by atoms with Crippen molar-refractivity contribution in [2.24, 2.45) is 0 Å². The number of nitrogens with one attached hydrogen (secondary N) is 1. The molecule has 3 saturated heterocycles. The van der Waals surface area contributed by atoms with Crippen LogP contribution in [0.3, 0.4) is 0 Å². The van der Waals surface area contributed by atoms with Crippen LogP contribution in [0, 0.1) is 18.5 Å². The number of hydrogen-bond donors (Lipinski definition) is 1. The van der Waals surface area contributed by atoms with E-state index in [1.165, 1.54) is 54.7 Å². The van der Waals surface area contributed by atoms with Gasteiger partial charge in [0.1, 0.15) is 0 Å². The van der Waals surface area contributed by atoms with Crippen LogP contribution in [0.5, 0.6) is 0 Å². The van der Waals surface area contributed by atoms with Gasteiger partial charge in [-0.3, -0.25) is 19.8 Å². The van der Waals surface area contributed by atoms with Crippen molar-refractivity contribution in [1.29, 1.82) is 0 Å². The van der Waals surface area contributed by atoms with E-state index in [9.17, 15) is 0 Å². The Kier molecular flexibility index (Phi) is 52.0. The molecule has 0 bridgehead atoms. The third-order valence-electron chi connectivity index (χ3n) is 7.82. The minimum absolute atomic E-state index is 0. The van der Waals surface area contributed by atoms with Crippen molar-refractivity contribution in [3.05, 3.63) is 27.9 Å².